The zero-order valence-corrected chi connectivity index (χ0v) is 20.6. The van der Waals surface area contributed by atoms with Crippen LogP contribution in [0.3, 0.4) is 0 Å². The van der Waals surface area contributed by atoms with Gasteiger partial charge in [-0.2, -0.15) is 0 Å². The van der Waals surface area contributed by atoms with E-state index in [4.69, 9.17) is 9.72 Å². The number of amides is 2. The average Bonchev–Trinajstić information content (AvgIpc) is 3.28. The first kappa shape index (κ1) is 24.7. The molecule has 2 aromatic heterocycles. The predicted molar refractivity (Wildman–Crippen MR) is 133 cm³/mol. The molecule has 4 heterocycles. The Balaban J connectivity index is 1.72. The average molecular weight is 483 g/mol. The Labute approximate surface area is 205 Å². The number of rotatable bonds is 7. The lowest BCUT2D eigenvalue weighted by Gasteiger charge is -2.42. The molecule has 4 rings (SSSR count). The number of likely N-dealkylation sites (N-methyl/N-ethyl adjacent to an activating group) is 1. The summed E-state index contributed by atoms with van der Waals surface area (Å²) < 4.78 is 5.70. The van der Waals surface area contributed by atoms with Crippen LogP contribution in [0.25, 0.3) is 11.3 Å². The van der Waals surface area contributed by atoms with Crippen molar-refractivity contribution in [2.45, 2.75) is 38.8 Å². The van der Waals surface area contributed by atoms with E-state index < -0.39 is 6.09 Å². The van der Waals surface area contributed by atoms with E-state index in [1.54, 1.807) is 6.20 Å². The molecule has 0 aromatic carbocycles. The van der Waals surface area contributed by atoms with Gasteiger partial charge in [0.15, 0.2) is 5.69 Å². The van der Waals surface area contributed by atoms with Gasteiger partial charge in [0.2, 0.25) is 5.88 Å². The number of ether oxygens (including phenoxy) is 1. The van der Waals surface area contributed by atoms with Gasteiger partial charge in [0.1, 0.15) is 0 Å². The van der Waals surface area contributed by atoms with Gasteiger partial charge in [-0.15, -0.1) is 0 Å². The standard InChI is InChI=1S/C25H34N6O4/c1-4-18-16-30(25(33)34)13-14-31(18)21-9-8-20(19-7-6-11-26-24(19)35-5-2)28-22(21)23(32)27-17-10-12-29(3)15-17/h6-9,11,17-18H,4-5,10,12-16H2,1-3H3,(H,27,32)(H,33,34)/t17-,18-/m1/s1. The number of piperazine rings is 1. The second-order valence-electron chi connectivity index (χ2n) is 9.06. The Morgan fingerprint density at radius 2 is 2.00 bits per heavy atom. The smallest absolute Gasteiger partial charge is 0.407 e. The molecule has 0 radical (unpaired) electrons. The molecule has 2 aromatic rings. The minimum Gasteiger partial charge on any atom is -0.477 e. The molecular weight excluding hydrogens is 448 g/mol. The molecule has 2 aliphatic heterocycles. The first-order valence-corrected chi connectivity index (χ1v) is 12.2. The molecule has 2 atom stereocenters. The van der Waals surface area contributed by atoms with Gasteiger partial charge >= 0.3 is 6.09 Å². The van der Waals surface area contributed by atoms with Crippen molar-refractivity contribution in [1.82, 2.24) is 25.1 Å². The van der Waals surface area contributed by atoms with Gasteiger partial charge in [-0.25, -0.2) is 14.8 Å². The molecule has 10 heteroatoms. The molecule has 0 unspecified atom stereocenters. The van der Waals surface area contributed by atoms with Crippen molar-refractivity contribution in [1.29, 1.82) is 0 Å². The second-order valence-corrected chi connectivity index (χ2v) is 9.06. The summed E-state index contributed by atoms with van der Waals surface area (Å²) in [4.78, 5) is 40.0. The highest BCUT2D eigenvalue weighted by Crippen LogP contribution is 2.32. The van der Waals surface area contributed by atoms with Crippen molar-refractivity contribution in [3.63, 3.8) is 0 Å². The van der Waals surface area contributed by atoms with E-state index in [1.165, 1.54) is 4.90 Å². The van der Waals surface area contributed by atoms with Gasteiger partial charge < -0.3 is 29.9 Å². The summed E-state index contributed by atoms with van der Waals surface area (Å²) in [6.07, 6.45) is 2.39. The van der Waals surface area contributed by atoms with Crippen molar-refractivity contribution < 1.29 is 19.4 Å². The van der Waals surface area contributed by atoms with E-state index in [-0.39, 0.29) is 18.0 Å². The summed E-state index contributed by atoms with van der Waals surface area (Å²) in [7, 11) is 2.04. The summed E-state index contributed by atoms with van der Waals surface area (Å²) >= 11 is 0. The zero-order chi connectivity index (χ0) is 24.9. The maximum absolute atomic E-state index is 13.6. The minimum atomic E-state index is -0.917. The third-order valence-electron chi connectivity index (χ3n) is 6.68. The zero-order valence-electron chi connectivity index (χ0n) is 20.6. The van der Waals surface area contributed by atoms with Gasteiger partial charge in [0, 0.05) is 44.5 Å². The lowest BCUT2D eigenvalue weighted by atomic mass is 10.1. The largest absolute Gasteiger partial charge is 0.477 e. The minimum absolute atomic E-state index is 0.0472. The number of nitrogens with zero attached hydrogens (tertiary/aromatic N) is 5. The highest BCUT2D eigenvalue weighted by molar-refractivity contribution is 5.99. The second kappa shape index (κ2) is 10.9. The lowest BCUT2D eigenvalue weighted by molar-refractivity contribution is 0.0932. The molecule has 2 saturated heterocycles. The topological polar surface area (TPSA) is 111 Å². The van der Waals surface area contributed by atoms with E-state index in [9.17, 15) is 14.7 Å². The van der Waals surface area contributed by atoms with E-state index >= 15 is 0 Å². The summed E-state index contributed by atoms with van der Waals surface area (Å²) in [6.45, 7) is 7.39. The number of nitrogens with one attached hydrogen (secondary N) is 1. The van der Waals surface area contributed by atoms with Crippen LogP contribution < -0.4 is 15.0 Å². The Morgan fingerprint density at radius 3 is 2.69 bits per heavy atom. The van der Waals surface area contributed by atoms with Crippen molar-refractivity contribution >= 4 is 17.7 Å². The van der Waals surface area contributed by atoms with Gasteiger partial charge in [-0.1, -0.05) is 6.92 Å². The predicted octanol–water partition coefficient (Wildman–Crippen LogP) is 2.55. The Morgan fingerprint density at radius 1 is 1.17 bits per heavy atom. The van der Waals surface area contributed by atoms with Crippen LogP contribution in [-0.4, -0.2) is 95.3 Å². The Hall–Kier alpha value is -3.40. The number of hydrogen-bond donors (Lipinski definition) is 2. The van der Waals surface area contributed by atoms with Crippen LogP contribution in [0.15, 0.2) is 30.5 Å². The number of carboxylic acid groups (broad SMARTS) is 1. The van der Waals surface area contributed by atoms with Crippen LogP contribution in [0, 0.1) is 0 Å². The molecule has 0 saturated carbocycles. The molecule has 0 spiro atoms. The van der Waals surface area contributed by atoms with Crippen LogP contribution in [0.5, 0.6) is 5.88 Å². The van der Waals surface area contributed by atoms with Gasteiger partial charge in [0.25, 0.3) is 5.91 Å². The van der Waals surface area contributed by atoms with Gasteiger partial charge in [-0.05, 0) is 57.6 Å². The molecule has 10 nitrogen and oxygen atoms in total. The Bertz CT molecular complexity index is 1060. The number of likely N-dealkylation sites (tertiary alicyclic amines) is 1. The number of carbonyl (C=O) groups excluding carboxylic acids is 1. The summed E-state index contributed by atoms with van der Waals surface area (Å²) in [5, 5.41) is 12.6. The van der Waals surface area contributed by atoms with Crippen molar-refractivity contribution in [2.75, 3.05) is 51.3 Å². The SMILES string of the molecule is CCOc1ncccc1-c1ccc(N2CCN(C(=O)O)C[C@H]2CC)c(C(=O)N[C@@H]2CCN(C)C2)n1. The number of pyridine rings is 2. The monoisotopic (exact) mass is 482 g/mol. The number of carbonyl (C=O) groups is 2. The third kappa shape index (κ3) is 5.48. The van der Waals surface area contributed by atoms with Crippen molar-refractivity contribution in [2.24, 2.45) is 0 Å². The first-order chi connectivity index (χ1) is 16.9. The van der Waals surface area contributed by atoms with Crippen LogP contribution in [0.1, 0.15) is 37.2 Å². The fraction of sp³-hybridized carbons (Fsp3) is 0.520. The van der Waals surface area contributed by atoms with Crippen LogP contribution in [-0.2, 0) is 0 Å². The molecule has 0 aliphatic carbocycles. The Kier molecular flexibility index (Phi) is 7.70. The van der Waals surface area contributed by atoms with Gasteiger partial charge in [0.05, 0.1) is 23.6 Å². The van der Waals surface area contributed by atoms with E-state index in [0.717, 1.165) is 37.2 Å². The highest BCUT2D eigenvalue weighted by atomic mass is 16.5. The molecule has 2 amide bonds. The van der Waals surface area contributed by atoms with Crippen LogP contribution >= 0.6 is 0 Å². The first-order valence-electron chi connectivity index (χ1n) is 12.2. The fourth-order valence-corrected chi connectivity index (χ4v) is 4.84. The maximum Gasteiger partial charge on any atom is 0.407 e. The number of aromatic nitrogens is 2. The van der Waals surface area contributed by atoms with Crippen LogP contribution in [0.2, 0.25) is 0 Å². The highest BCUT2D eigenvalue weighted by Gasteiger charge is 2.32. The normalized spacial score (nSPS) is 20.7. The molecule has 2 N–H and O–H groups in total. The number of hydrogen-bond acceptors (Lipinski definition) is 7. The maximum atomic E-state index is 13.6. The van der Waals surface area contributed by atoms with Crippen molar-refractivity contribution in [3.05, 3.63) is 36.2 Å². The van der Waals surface area contributed by atoms with Gasteiger partial charge in [-0.3, -0.25) is 4.79 Å². The van der Waals surface area contributed by atoms with E-state index in [2.05, 4.69) is 20.1 Å². The number of anilines is 1. The molecular formula is C25H34N6O4. The fourth-order valence-electron chi connectivity index (χ4n) is 4.84. The summed E-state index contributed by atoms with van der Waals surface area (Å²) in [5.41, 5.74) is 2.39. The summed E-state index contributed by atoms with van der Waals surface area (Å²) in [6, 6.07) is 7.52. The van der Waals surface area contributed by atoms with E-state index in [1.807, 2.05) is 45.2 Å². The molecule has 2 fully saturated rings. The molecule has 2 aliphatic rings. The summed E-state index contributed by atoms with van der Waals surface area (Å²) in [5.74, 6) is 0.250. The molecule has 35 heavy (non-hydrogen) atoms. The van der Waals surface area contributed by atoms with Crippen LogP contribution in [0.4, 0.5) is 10.5 Å². The van der Waals surface area contributed by atoms with Crippen molar-refractivity contribution in [3.8, 4) is 17.1 Å². The molecule has 188 valence electrons. The quantitative estimate of drug-likeness (QED) is 0.620. The third-order valence-corrected chi connectivity index (χ3v) is 6.68. The lowest BCUT2D eigenvalue weighted by Crippen LogP contribution is -2.55. The van der Waals surface area contributed by atoms with E-state index in [0.29, 0.717) is 43.5 Å². The molecule has 0 bridgehead atoms.